The van der Waals surface area contributed by atoms with Gasteiger partial charge in [-0.1, -0.05) is 0 Å². The first-order chi connectivity index (χ1) is 12.3. The van der Waals surface area contributed by atoms with Crippen LogP contribution >= 0.6 is 11.3 Å². The molecule has 1 aliphatic carbocycles. The third-order valence-electron chi connectivity index (χ3n) is 4.98. The van der Waals surface area contributed by atoms with Crippen LogP contribution in [0.25, 0.3) is 0 Å². The van der Waals surface area contributed by atoms with Gasteiger partial charge >= 0.3 is 24.0 Å². The third kappa shape index (κ3) is 3.01. The van der Waals surface area contributed by atoms with Crippen LogP contribution in [-0.2, 0) is 16.0 Å². The van der Waals surface area contributed by atoms with Crippen molar-refractivity contribution in [3.63, 3.8) is 0 Å². The van der Waals surface area contributed by atoms with Crippen LogP contribution in [0.5, 0.6) is 0 Å². The molecule has 0 bridgehead atoms. The van der Waals surface area contributed by atoms with Gasteiger partial charge in [-0.3, -0.25) is 14.5 Å². The zero-order valence-electron chi connectivity index (χ0n) is 13.7. The quantitative estimate of drug-likeness (QED) is 0.588. The van der Waals surface area contributed by atoms with Crippen molar-refractivity contribution in [1.29, 1.82) is 0 Å². The van der Waals surface area contributed by atoms with Crippen LogP contribution < -0.4 is 0 Å². The van der Waals surface area contributed by atoms with E-state index >= 15 is 0 Å². The zero-order chi connectivity index (χ0) is 18.6. The summed E-state index contributed by atoms with van der Waals surface area (Å²) in [6.07, 6.45) is -1.91. The SMILES string of the molecule is O=C1C(=O)N(CC(F)(F)F)C(=O)N1CN1CCc2sccc2[C@H]1C1CC1. The lowest BCUT2D eigenvalue weighted by Crippen LogP contribution is -2.47. The summed E-state index contributed by atoms with van der Waals surface area (Å²) in [4.78, 5) is 40.0. The fourth-order valence-corrected chi connectivity index (χ4v) is 4.61. The van der Waals surface area contributed by atoms with Gasteiger partial charge in [-0.25, -0.2) is 14.6 Å². The molecule has 140 valence electrons. The Morgan fingerprint density at radius 1 is 1.12 bits per heavy atom. The monoisotopic (exact) mass is 387 g/mol. The number of alkyl halides is 3. The molecule has 1 aromatic heterocycles. The summed E-state index contributed by atoms with van der Waals surface area (Å²) in [5.41, 5.74) is 1.17. The summed E-state index contributed by atoms with van der Waals surface area (Å²) in [7, 11) is 0. The predicted molar refractivity (Wildman–Crippen MR) is 85.1 cm³/mol. The largest absolute Gasteiger partial charge is 0.406 e. The van der Waals surface area contributed by atoms with Crippen LogP contribution in [0.1, 0.15) is 29.3 Å². The zero-order valence-corrected chi connectivity index (χ0v) is 14.5. The molecule has 0 spiro atoms. The van der Waals surface area contributed by atoms with Crippen molar-refractivity contribution in [2.24, 2.45) is 5.92 Å². The molecule has 6 nitrogen and oxygen atoms in total. The molecule has 0 unspecified atom stereocenters. The molecule has 0 radical (unpaired) electrons. The maximum absolute atomic E-state index is 12.6. The summed E-state index contributed by atoms with van der Waals surface area (Å²) >= 11 is 1.67. The van der Waals surface area contributed by atoms with Gasteiger partial charge in [-0.2, -0.15) is 13.2 Å². The van der Waals surface area contributed by atoms with Gasteiger partial charge in [0.15, 0.2) is 0 Å². The molecule has 0 N–H and O–H groups in total. The highest BCUT2D eigenvalue weighted by molar-refractivity contribution is 7.10. The Kier molecular flexibility index (Phi) is 4.07. The van der Waals surface area contributed by atoms with E-state index in [9.17, 15) is 27.6 Å². The topological polar surface area (TPSA) is 60.9 Å². The van der Waals surface area contributed by atoms with Gasteiger partial charge in [0.05, 0.1) is 6.67 Å². The van der Waals surface area contributed by atoms with E-state index in [0.717, 1.165) is 19.3 Å². The maximum atomic E-state index is 12.6. The minimum Gasteiger partial charge on any atom is -0.278 e. The summed E-state index contributed by atoms with van der Waals surface area (Å²) in [6.45, 7) is -1.30. The second-order valence-electron chi connectivity index (χ2n) is 6.81. The number of rotatable bonds is 4. The number of nitrogens with zero attached hydrogens (tertiary/aromatic N) is 3. The van der Waals surface area contributed by atoms with Gasteiger partial charge in [-0.05, 0) is 42.2 Å². The lowest BCUT2D eigenvalue weighted by Gasteiger charge is -2.37. The molecule has 4 amide bonds. The first-order valence-electron chi connectivity index (χ1n) is 8.30. The Balaban J connectivity index is 1.54. The van der Waals surface area contributed by atoms with Crippen molar-refractivity contribution < 1.29 is 27.6 Å². The number of thiophene rings is 1. The van der Waals surface area contributed by atoms with E-state index in [1.165, 1.54) is 10.4 Å². The molecule has 1 atom stereocenters. The molecule has 1 aromatic rings. The van der Waals surface area contributed by atoms with E-state index in [-0.39, 0.29) is 17.6 Å². The highest BCUT2D eigenvalue weighted by Crippen LogP contribution is 2.48. The highest BCUT2D eigenvalue weighted by atomic mass is 32.1. The van der Waals surface area contributed by atoms with Crippen molar-refractivity contribution >= 4 is 29.2 Å². The van der Waals surface area contributed by atoms with E-state index in [2.05, 4.69) is 0 Å². The highest BCUT2D eigenvalue weighted by Gasteiger charge is 2.50. The van der Waals surface area contributed by atoms with Gasteiger partial charge in [0.2, 0.25) is 0 Å². The summed E-state index contributed by atoms with van der Waals surface area (Å²) in [5, 5.41) is 2.00. The Morgan fingerprint density at radius 3 is 2.46 bits per heavy atom. The molecule has 1 saturated heterocycles. The molecule has 26 heavy (non-hydrogen) atoms. The number of imide groups is 2. The first kappa shape index (κ1) is 17.5. The number of amides is 4. The maximum Gasteiger partial charge on any atom is 0.406 e. The molecule has 3 aliphatic rings. The van der Waals surface area contributed by atoms with Crippen molar-refractivity contribution in [2.75, 3.05) is 19.8 Å². The number of carbonyl (C=O) groups is 3. The second-order valence-corrected chi connectivity index (χ2v) is 7.81. The van der Waals surface area contributed by atoms with Crippen LogP contribution in [0.4, 0.5) is 18.0 Å². The molecular formula is C16H16F3N3O3S. The Bertz CT molecular complexity index is 774. The van der Waals surface area contributed by atoms with E-state index in [0.29, 0.717) is 17.4 Å². The number of halogens is 3. The summed E-state index contributed by atoms with van der Waals surface area (Å²) in [6, 6.07) is 0.879. The Labute approximate surface area is 151 Å². The van der Waals surface area contributed by atoms with Gasteiger partial charge in [-0.15, -0.1) is 11.3 Å². The summed E-state index contributed by atoms with van der Waals surface area (Å²) in [5.74, 6) is -2.19. The standard InChI is InChI=1S/C16H16F3N3O3S/c17-16(18,19)7-21-13(23)14(24)22(15(21)25)8-20-5-3-11-10(4-6-26-11)12(20)9-1-2-9/h4,6,9,12H,1-3,5,7-8H2/t12-/m1/s1. The molecule has 0 aromatic carbocycles. The smallest absolute Gasteiger partial charge is 0.278 e. The second kappa shape index (κ2) is 6.05. The van der Waals surface area contributed by atoms with Crippen molar-refractivity contribution in [1.82, 2.24) is 14.7 Å². The van der Waals surface area contributed by atoms with Crippen molar-refractivity contribution in [3.8, 4) is 0 Å². The minimum absolute atomic E-state index is 0.0194. The first-order valence-corrected chi connectivity index (χ1v) is 9.18. The van der Waals surface area contributed by atoms with Crippen LogP contribution in [0, 0.1) is 5.92 Å². The van der Waals surface area contributed by atoms with E-state index in [1.807, 2.05) is 16.3 Å². The van der Waals surface area contributed by atoms with Gasteiger partial charge in [0.1, 0.15) is 6.54 Å². The fourth-order valence-electron chi connectivity index (χ4n) is 3.70. The molecule has 2 fully saturated rings. The lowest BCUT2D eigenvalue weighted by molar-refractivity contribution is -0.156. The van der Waals surface area contributed by atoms with Crippen molar-refractivity contribution in [3.05, 3.63) is 21.9 Å². The van der Waals surface area contributed by atoms with E-state index in [1.54, 1.807) is 11.3 Å². The number of urea groups is 1. The Hall–Kier alpha value is -1.94. The number of hydrogen-bond acceptors (Lipinski definition) is 5. The molecular weight excluding hydrogens is 371 g/mol. The molecule has 4 rings (SSSR count). The van der Waals surface area contributed by atoms with Gasteiger partial charge in [0, 0.05) is 17.5 Å². The Morgan fingerprint density at radius 2 is 1.81 bits per heavy atom. The number of carbonyl (C=O) groups excluding carboxylic acids is 3. The van der Waals surface area contributed by atoms with Gasteiger partial charge < -0.3 is 0 Å². The van der Waals surface area contributed by atoms with Crippen LogP contribution in [0.2, 0.25) is 0 Å². The van der Waals surface area contributed by atoms with Crippen LogP contribution in [0.15, 0.2) is 11.4 Å². The van der Waals surface area contributed by atoms with E-state index < -0.39 is 30.6 Å². The molecule has 3 heterocycles. The van der Waals surface area contributed by atoms with E-state index in [4.69, 9.17) is 0 Å². The third-order valence-corrected chi connectivity index (χ3v) is 5.98. The number of hydrogen-bond donors (Lipinski definition) is 0. The molecule has 1 saturated carbocycles. The average molecular weight is 387 g/mol. The summed E-state index contributed by atoms with van der Waals surface area (Å²) < 4.78 is 37.8. The average Bonchev–Trinajstić information content (AvgIpc) is 3.26. The van der Waals surface area contributed by atoms with Crippen LogP contribution in [0.3, 0.4) is 0 Å². The predicted octanol–water partition coefficient (Wildman–Crippen LogP) is 2.37. The van der Waals surface area contributed by atoms with Crippen molar-refractivity contribution in [2.45, 2.75) is 31.5 Å². The number of fused-ring (bicyclic) bond motifs is 1. The fraction of sp³-hybridized carbons (Fsp3) is 0.562. The van der Waals surface area contributed by atoms with Crippen LogP contribution in [-0.4, -0.2) is 58.5 Å². The molecule has 10 heteroatoms. The lowest BCUT2D eigenvalue weighted by atomic mass is 9.96. The molecule has 2 aliphatic heterocycles. The minimum atomic E-state index is -4.74. The normalized spacial score (nSPS) is 24.6. The van der Waals surface area contributed by atoms with Gasteiger partial charge in [0.25, 0.3) is 0 Å².